The first kappa shape index (κ1) is 24.3. The molecule has 0 aliphatic heterocycles. The molecular formula is C28H40N2O2. The predicted octanol–water partition coefficient (Wildman–Crippen LogP) is 8.26. The number of nitrogens with zero attached hydrogens (tertiary/aromatic N) is 2. The van der Waals surface area contributed by atoms with Gasteiger partial charge in [0.05, 0.1) is 13.2 Å². The van der Waals surface area contributed by atoms with Crippen molar-refractivity contribution in [2.75, 3.05) is 13.2 Å². The van der Waals surface area contributed by atoms with Crippen LogP contribution in [0, 0.1) is 0 Å². The Morgan fingerprint density at radius 2 is 0.938 bits per heavy atom. The van der Waals surface area contributed by atoms with Crippen LogP contribution in [0.3, 0.4) is 0 Å². The van der Waals surface area contributed by atoms with Gasteiger partial charge in [0.15, 0.2) is 0 Å². The molecule has 0 unspecified atom stereocenters. The van der Waals surface area contributed by atoms with Crippen molar-refractivity contribution in [3.63, 3.8) is 0 Å². The van der Waals surface area contributed by atoms with E-state index in [1.165, 1.54) is 64.2 Å². The Kier molecular flexibility index (Phi) is 10.6. The summed E-state index contributed by atoms with van der Waals surface area (Å²) in [6, 6.07) is 8.12. The molecule has 0 fully saturated rings. The summed E-state index contributed by atoms with van der Waals surface area (Å²) in [6.45, 7) is 6.00. The van der Waals surface area contributed by atoms with Crippen LogP contribution in [0.2, 0.25) is 0 Å². The Bertz CT molecular complexity index is 865. The first-order valence-corrected chi connectivity index (χ1v) is 12.8. The summed E-state index contributed by atoms with van der Waals surface area (Å²) in [5, 5.41) is 2.04. The van der Waals surface area contributed by atoms with Crippen LogP contribution in [0.15, 0.2) is 36.7 Å². The summed E-state index contributed by atoms with van der Waals surface area (Å²) in [5.74, 6) is 1.79. The van der Waals surface area contributed by atoms with Gasteiger partial charge in [0.2, 0.25) is 0 Å². The third kappa shape index (κ3) is 7.08. The Labute approximate surface area is 193 Å². The van der Waals surface area contributed by atoms with Crippen LogP contribution < -0.4 is 9.47 Å². The summed E-state index contributed by atoms with van der Waals surface area (Å²) in [4.78, 5) is 9.26. The van der Waals surface area contributed by atoms with E-state index >= 15 is 0 Å². The minimum atomic E-state index is 0.748. The third-order valence-electron chi connectivity index (χ3n) is 6.05. The lowest BCUT2D eigenvalue weighted by Gasteiger charge is -2.12. The SMILES string of the molecule is CCCCCCCCOc1ccnc2c1ccc1c(OCCCCCCCC)ccnc12. The zero-order valence-electron chi connectivity index (χ0n) is 20.1. The van der Waals surface area contributed by atoms with E-state index in [9.17, 15) is 0 Å². The van der Waals surface area contributed by atoms with Crippen LogP contribution in [0.1, 0.15) is 90.9 Å². The Morgan fingerprint density at radius 1 is 0.531 bits per heavy atom. The summed E-state index contributed by atoms with van der Waals surface area (Å²) in [5.41, 5.74) is 1.76. The molecule has 2 heterocycles. The highest BCUT2D eigenvalue weighted by Crippen LogP contribution is 2.33. The van der Waals surface area contributed by atoms with Crippen molar-refractivity contribution >= 4 is 21.8 Å². The molecule has 3 rings (SSSR count). The lowest BCUT2D eigenvalue weighted by molar-refractivity contribution is 0.307. The van der Waals surface area contributed by atoms with E-state index in [0.29, 0.717) is 0 Å². The quantitative estimate of drug-likeness (QED) is 0.167. The van der Waals surface area contributed by atoms with Gasteiger partial charge in [-0.2, -0.15) is 0 Å². The number of unbranched alkanes of at least 4 members (excludes halogenated alkanes) is 10. The Hall–Kier alpha value is -2.36. The van der Waals surface area contributed by atoms with Gasteiger partial charge in [-0.25, -0.2) is 0 Å². The standard InChI is InChI=1S/C28H40N2O2/c1-3-5-7-9-11-13-21-31-25-17-19-29-27-23(25)15-16-24-26(18-20-30-28(24)27)32-22-14-12-10-8-6-4-2/h15-20H,3-14,21-22H2,1-2H3. The fourth-order valence-electron chi connectivity index (χ4n) is 4.16. The lowest BCUT2D eigenvalue weighted by Crippen LogP contribution is -2.00. The van der Waals surface area contributed by atoms with Gasteiger partial charge >= 0.3 is 0 Å². The molecule has 0 aliphatic carbocycles. The molecule has 0 radical (unpaired) electrons. The van der Waals surface area contributed by atoms with Crippen molar-refractivity contribution in [2.24, 2.45) is 0 Å². The molecule has 174 valence electrons. The van der Waals surface area contributed by atoms with Gasteiger partial charge in [-0.3, -0.25) is 9.97 Å². The molecular weight excluding hydrogens is 396 g/mol. The van der Waals surface area contributed by atoms with Crippen LogP contribution in [-0.2, 0) is 0 Å². The number of rotatable bonds is 16. The van der Waals surface area contributed by atoms with Crippen molar-refractivity contribution in [3.05, 3.63) is 36.7 Å². The van der Waals surface area contributed by atoms with Gasteiger partial charge in [0.1, 0.15) is 22.5 Å². The van der Waals surface area contributed by atoms with Crippen molar-refractivity contribution in [2.45, 2.75) is 90.9 Å². The summed E-state index contributed by atoms with van der Waals surface area (Å²) >= 11 is 0. The van der Waals surface area contributed by atoms with Crippen LogP contribution in [0.5, 0.6) is 11.5 Å². The van der Waals surface area contributed by atoms with E-state index in [1.54, 1.807) is 0 Å². The first-order valence-electron chi connectivity index (χ1n) is 12.8. The monoisotopic (exact) mass is 436 g/mol. The molecule has 0 atom stereocenters. The number of benzene rings is 1. The summed E-state index contributed by atoms with van der Waals surface area (Å²) < 4.78 is 12.3. The summed E-state index contributed by atoms with van der Waals surface area (Å²) in [6.07, 6.45) is 18.8. The second-order valence-electron chi connectivity index (χ2n) is 8.71. The molecule has 0 saturated heterocycles. The average Bonchev–Trinajstić information content (AvgIpc) is 2.83. The van der Waals surface area contributed by atoms with E-state index in [-0.39, 0.29) is 0 Å². The van der Waals surface area contributed by atoms with E-state index in [2.05, 4.69) is 35.9 Å². The Morgan fingerprint density at radius 3 is 1.38 bits per heavy atom. The van der Waals surface area contributed by atoms with Gasteiger partial charge in [-0.05, 0) is 37.1 Å². The fraction of sp³-hybridized carbons (Fsp3) is 0.571. The maximum atomic E-state index is 6.13. The van der Waals surface area contributed by atoms with Crippen molar-refractivity contribution in [1.29, 1.82) is 0 Å². The second kappa shape index (κ2) is 13.9. The predicted molar refractivity (Wildman–Crippen MR) is 135 cm³/mol. The zero-order chi connectivity index (χ0) is 22.4. The van der Waals surface area contributed by atoms with Crippen LogP contribution in [-0.4, -0.2) is 23.2 Å². The molecule has 0 spiro atoms. The minimum Gasteiger partial charge on any atom is -0.493 e. The largest absolute Gasteiger partial charge is 0.493 e. The van der Waals surface area contributed by atoms with Crippen LogP contribution in [0.25, 0.3) is 21.8 Å². The van der Waals surface area contributed by atoms with Crippen LogP contribution >= 0.6 is 0 Å². The number of hydrogen-bond donors (Lipinski definition) is 0. The lowest BCUT2D eigenvalue weighted by atomic mass is 10.1. The molecule has 0 N–H and O–H groups in total. The van der Waals surface area contributed by atoms with Gasteiger partial charge in [-0.15, -0.1) is 0 Å². The van der Waals surface area contributed by atoms with E-state index in [1.807, 2.05) is 24.5 Å². The number of fused-ring (bicyclic) bond motifs is 3. The minimum absolute atomic E-state index is 0.748. The van der Waals surface area contributed by atoms with Gasteiger partial charge in [-0.1, -0.05) is 78.1 Å². The molecule has 0 aliphatic rings. The second-order valence-corrected chi connectivity index (χ2v) is 8.71. The normalized spacial score (nSPS) is 11.3. The smallest absolute Gasteiger partial charge is 0.130 e. The van der Waals surface area contributed by atoms with Gasteiger partial charge in [0, 0.05) is 23.2 Å². The molecule has 1 aromatic carbocycles. The highest BCUT2D eigenvalue weighted by Gasteiger charge is 2.11. The fourth-order valence-corrected chi connectivity index (χ4v) is 4.16. The van der Waals surface area contributed by atoms with E-state index in [0.717, 1.165) is 59.4 Å². The topological polar surface area (TPSA) is 44.2 Å². The van der Waals surface area contributed by atoms with Gasteiger partial charge in [0.25, 0.3) is 0 Å². The molecule has 4 heteroatoms. The number of pyridine rings is 2. The molecule has 3 aromatic rings. The Balaban J connectivity index is 1.61. The maximum absolute atomic E-state index is 6.13. The first-order chi connectivity index (χ1) is 15.8. The van der Waals surface area contributed by atoms with Gasteiger partial charge < -0.3 is 9.47 Å². The highest BCUT2D eigenvalue weighted by molar-refractivity contribution is 6.06. The molecule has 0 saturated carbocycles. The zero-order valence-corrected chi connectivity index (χ0v) is 20.1. The average molecular weight is 437 g/mol. The van der Waals surface area contributed by atoms with Crippen molar-refractivity contribution in [3.8, 4) is 11.5 Å². The molecule has 2 aromatic heterocycles. The number of ether oxygens (including phenoxy) is 2. The number of hydrogen-bond acceptors (Lipinski definition) is 4. The van der Waals surface area contributed by atoms with E-state index < -0.39 is 0 Å². The molecule has 0 bridgehead atoms. The van der Waals surface area contributed by atoms with E-state index in [4.69, 9.17) is 9.47 Å². The third-order valence-corrected chi connectivity index (χ3v) is 6.05. The maximum Gasteiger partial charge on any atom is 0.130 e. The molecule has 32 heavy (non-hydrogen) atoms. The molecule has 0 amide bonds. The number of aromatic nitrogens is 2. The van der Waals surface area contributed by atoms with Crippen molar-refractivity contribution < 1.29 is 9.47 Å². The highest BCUT2D eigenvalue weighted by atomic mass is 16.5. The summed E-state index contributed by atoms with van der Waals surface area (Å²) in [7, 11) is 0. The molecule has 4 nitrogen and oxygen atoms in total. The van der Waals surface area contributed by atoms with Crippen molar-refractivity contribution in [1.82, 2.24) is 9.97 Å². The van der Waals surface area contributed by atoms with Crippen LogP contribution in [0.4, 0.5) is 0 Å².